The molecule has 18 heavy (non-hydrogen) atoms. The summed E-state index contributed by atoms with van der Waals surface area (Å²) in [5.74, 6) is 1.09. The van der Waals surface area contributed by atoms with Gasteiger partial charge in [0.1, 0.15) is 5.75 Å². The number of benzene rings is 1. The van der Waals surface area contributed by atoms with Gasteiger partial charge in [0.25, 0.3) is 0 Å². The lowest BCUT2D eigenvalue weighted by atomic mass is 9.99. The molecule has 1 aromatic heterocycles. The van der Waals surface area contributed by atoms with Crippen molar-refractivity contribution in [3.05, 3.63) is 32.9 Å². The van der Waals surface area contributed by atoms with Crippen molar-refractivity contribution in [3.63, 3.8) is 0 Å². The molecule has 96 valence electrons. The second-order valence-electron chi connectivity index (χ2n) is 4.55. The van der Waals surface area contributed by atoms with E-state index in [4.69, 9.17) is 16.3 Å². The van der Waals surface area contributed by atoms with Crippen LogP contribution in [0.2, 0.25) is 5.02 Å². The van der Waals surface area contributed by atoms with Crippen LogP contribution in [0.1, 0.15) is 31.0 Å². The van der Waals surface area contributed by atoms with E-state index in [0.29, 0.717) is 5.92 Å². The average molecular weight is 329 g/mol. The molecular weight excluding hydrogens is 314 g/mol. The third kappa shape index (κ3) is 2.10. The minimum atomic E-state index is 0.332. The Morgan fingerprint density at radius 2 is 2.00 bits per heavy atom. The Morgan fingerprint density at radius 3 is 2.56 bits per heavy atom. The summed E-state index contributed by atoms with van der Waals surface area (Å²) < 4.78 is 6.32. The van der Waals surface area contributed by atoms with Crippen LogP contribution in [0, 0.1) is 6.92 Å². The molecule has 0 unspecified atom stereocenters. The van der Waals surface area contributed by atoms with E-state index in [-0.39, 0.29) is 0 Å². The van der Waals surface area contributed by atoms with Gasteiger partial charge in [0, 0.05) is 10.2 Å². The van der Waals surface area contributed by atoms with Gasteiger partial charge in [0.05, 0.1) is 23.0 Å². The van der Waals surface area contributed by atoms with Crippen LogP contribution < -0.4 is 4.74 Å². The summed E-state index contributed by atoms with van der Waals surface area (Å²) in [6.07, 6.45) is 0. The average Bonchev–Trinajstić information content (AvgIpc) is 2.30. The minimum absolute atomic E-state index is 0.332. The van der Waals surface area contributed by atoms with Crippen molar-refractivity contribution in [1.29, 1.82) is 0 Å². The molecule has 0 radical (unpaired) electrons. The Kier molecular flexibility index (Phi) is 3.83. The fourth-order valence-corrected chi connectivity index (χ4v) is 3.19. The molecule has 0 saturated heterocycles. The maximum atomic E-state index is 6.56. The van der Waals surface area contributed by atoms with Crippen molar-refractivity contribution >= 4 is 38.4 Å². The highest BCUT2D eigenvalue weighted by Gasteiger charge is 2.18. The number of hydrogen-bond donors (Lipinski definition) is 0. The van der Waals surface area contributed by atoms with Crippen LogP contribution in [0.4, 0.5) is 0 Å². The number of halogens is 2. The highest BCUT2D eigenvalue weighted by Crippen LogP contribution is 2.40. The first-order valence-electron chi connectivity index (χ1n) is 5.79. The van der Waals surface area contributed by atoms with E-state index in [2.05, 4.69) is 34.8 Å². The summed E-state index contributed by atoms with van der Waals surface area (Å²) in [5, 5.41) is 1.62. The maximum absolute atomic E-state index is 6.56. The Balaban J connectivity index is 2.95. The molecule has 0 aliphatic heterocycles. The molecule has 0 fully saturated rings. The van der Waals surface area contributed by atoms with E-state index in [1.54, 1.807) is 7.11 Å². The number of aryl methyl sites for hydroxylation is 1. The summed E-state index contributed by atoms with van der Waals surface area (Å²) in [6.45, 7) is 6.23. The molecular formula is C14H15BrClNO. The molecule has 4 heteroatoms. The Hall–Kier alpha value is -0.800. The molecule has 1 aromatic carbocycles. The van der Waals surface area contributed by atoms with Gasteiger partial charge in [-0.05, 0) is 46.5 Å². The molecule has 0 aliphatic rings. The molecule has 2 nitrogen and oxygen atoms in total. The van der Waals surface area contributed by atoms with E-state index < -0.39 is 0 Å². The van der Waals surface area contributed by atoms with E-state index in [9.17, 15) is 0 Å². The molecule has 0 saturated carbocycles. The SMILES string of the molecule is COc1ccc(Br)c2nc(C)c(C(C)C)c(Cl)c12. The summed E-state index contributed by atoms with van der Waals surface area (Å²) in [4.78, 5) is 4.65. The van der Waals surface area contributed by atoms with Crippen molar-refractivity contribution < 1.29 is 4.74 Å². The van der Waals surface area contributed by atoms with Crippen LogP contribution in [0.15, 0.2) is 16.6 Å². The lowest BCUT2D eigenvalue weighted by Gasteiger charge is -2.16. The summed E-state index contributed by atoms with van der Waals surface area (Å²) in [6, 6.07) is 3.83. The van der Waals surface area contributed by atoms with Crippen molar-refractivity contribution in [2.24, 2.45) is 0 Å². The second kappa shape index (κ2) is 5.06. The highest BCUT2D eigenvalue weighted by atomic mass is 79.9. The predicted octanol–water partition coefficient (Wildman–Crippen LogP) is 5.09. The van der Waals surface area contributed by atoms with Crippen LogP contribution >= 0.6 is 27.5 Å². The summed E-state index contributed by atoms with van der Waals surface area (Å²) >= 11 is 10.1. The van der Waals surface area contributed by atoms with Gasteiger partial charge in [-0.3, -0.25) is 4.98 Å². The van der Waals surface area contributed by atoms with Gasteiger partial charge in [-0.1, -0.05) is 25.4 Å². The first-order valence-corrected chi connectivity index (χ1v) is 6.96. The summed E-state index contributed by atoms with van der Waals surface area (Å²) in [7, 11) is 1.65. The van der Waals surface area contributed by atoms with Crippen molar-refractivity contribution in [2.45, 2.75) is 26.7 Å². The van der Waals surface area contributed by atoms with E-state index in [1.807, 2.05) is 19.1 Å². The predicted molar refractivity (Wildman–Crippen MR) is 79.8 cm³/mol. The lowest BCUT2D eigenvalue weighted by molar-refractivity contribution is 0.419. The van der Waals surface area contributed by atoms with Gasteiger partial charge < -0.3 is 4.74 Å². The van der Waals surface area contributed by atoms with Crippen molar-refractivity contribution in [3.8, 4) is 5.75 Å². The topological polar surface area (TPSA) is 22.1 Å². The third-order valence-electron chi connectivity index (χ3n) is 3.01. The monoisotopic (exact) mass is 327 g/mol. The number of rotatable bonds is 2. The number of pyridine rings is 1. The number of nitrogens with zero attached hydrogens (tertiary/aromatic N) is 1. The van der Waals surface area contributed by atoms with Crippen molar-refractivity contribution in [1.82, 2.24) is 4.98 Å². The van der Waals surface area contributed by atoms with Crippen LogP contribution in [0.25, 0.3) is 10.9 Å². The molecule has 0 N–H and O–H groups in total. The first kappa shape index (κ1) is 13.6. The zero-order valence-electron chi connectivity index (χ0n) is 10.8. The number of ether oxygens (including phenoxy) is 1. The van der Waals surface area contributed by atoms with Gasteiger partial charge in [0.15, 0.2) is 0 Å². The number of hydrogen-bond acceptors (Lipinski definition) is 2. The minimum Gasteiger partial charge on any atom is -0.496 e. The zero-order chi connectivity index (χ0) is 13.4. The fraction of sp³-hybridized carbons (Fsp3) is 0.357. The van der Waals surface area contributed by atoms with Gasteiger partial charge in [-0.15, -0.1) is 0 Å². The van der Waals surface area contributed by atoms with Crippen LogP contribution in [0.3, 0.4) is 0 Å². The largest absolute Gasteiger partial charge is 0.496 e. The number of methoxy groups -OCH3 is 1. The molecule has 1 heterocycles. The normalized spacial score (nSPS) is 11.3. The Labute approximate surface area is 120 Å². The van der Waals surface area contributed by atoms with Gasteiger partial charge >= 0.3 is 0 Å². The molecule has 0 aliphatic carbocycles. The van der Waals surface area contributed by atoms with E-state index in [0.717, 1.165) is 37.4 Å². The Bertz CT molecular complexity index is 611. The lowest BCUT2D eigenvalue weighted by Crippen LogP contribution is -2.00. The zero-order valence-corrected chi connectivity index (χ0v) is 13.2. The van der Waals surface area contributed by atoms with Crippen LogP contribution in [0.5, 0.6) is 5.75 Å². The molecule has 0 spiro atoms. The van der Waals surface area contributed by atoms with Gasteiger partial charge in [-0.25, -0.2) is 0 Å². The molecule has 2 rings (SSSR count). The smallest absolute Gasteiger partial charge is 0.129 e. The van der Waals surface area contributed by atoms with Gasteiger partial charge in [0.2, 0.25) is 0 Å². The quantitative estimate of drug-likeness (QED) is 0.766. The fourth-order valence-electron chi connectivity index (χ4n) is 2.23. The number of fused-ring (bicyclic) bond motifs is 1. The standard InChI is InChI=1S/C14H15BrClNO/c1-7(2)11-8(3)17-14-9(15)5-6-10(18-4)12(14)13(11)16/h5-7H,1-4H3. The Morgan fingerprint density at radius 1 is 1.33 bits per heavy atom. The van der Waals surface area contributed by atoms with Crippen LogP contribution in [-0.4, -0.2) is 12.1 Å². The molecule has 0 amide bonds. The molecule has 0 atom stereocenters. The van der Waals surface area contributed by atoms with E-state index in [1.165, 1.54) is 0 Å². The van der Waals surface area contributed by atoms with Crippen molar-refractivity contribution in [2.75, 3.05) is 7.11 Å². The van der Waals surface area contributed by atoms with Gasteiger partial charge in [-0.2, -0.15) is 0 Å². The first-order chi connectivity index (χ1) is 8.47. The van der Waals surface area contributed by atoms with Crippen LogP contribution in [-0.2, 0) is 0 Å². The highest BCUT2D eigenvalue weighted by molar-refractivity contribution is 9.10. The number of aromatic nitrogens is 1. The maximum Gasteiger partial charge on any atom is 0.129 e. The van der Waals surface area contributed by atoms with E-state index >= 15 is 0 Å². The second-order valence-corrected chi connectivity index (χ2v) is 5.79. The summed E-state index contributed by atoms with van der Waals surface area (Å²) in [5.41, 5.74) is 2.90. The molecule has 2 aromatic rings. The molecule has 0 bridgehead atoms. The third-order valence-corrected chi connectivity index (χ3v) is 4.05.